The highest BCUT2D eigenvalue weighted by Gasteiger charge is 2.08. The molecule has 0 atom stereocenters. The maximum Gasteiger partial charge on any atom is 0.251 e. The van der Waals surface area contributed by atoms with Gasteiger partial charge in [0.15, 0.2) is 0 Å². The number of nitrogens with one attached hydrogen (secondary N) is 1. The Kier molecular flexibility index (Phi) is 7.82. The quantitative estimate of drug-likeness (QED) is 0.749. The van der Waals surface area contributed by atoms with E-state index in [-0.39, 0.29) is 5.91 Å². The molecule has 0 aliphatic rings. The van der Waals surface area contributed by atoms with Crippen molar-refractivity contribution in [2.75, 3.05) is 27.2 Å². The fourth-order valence-electron chi connectivity index (χ4n) is 2.97. The van der Waals surface area contributed by atoms with Crippen molar-refractivity contribution in [2.45, 2.75) is 33.5 Å². The van der Waals surface area contributed by atoms with Crippen LogP contribution < -0.4 is 5.32 Å². The van der Waals surface area contributed by atoms with Gasteiger partial charge in [-0.3, -0.25) is 9.69 Å². The van der Waals surface area contributed by atoms with Crippen molar-refractivity contribution in [1.82, 2.24) is 15.1 Å². The van der Waals surface area contributed by atoms with Crippen molar-refractivity contribution in [2.24, 2.45) is 0 Å². The molecule has 140 valence electrons. The minimum absolute atomic E-state index is 0.0287. The van der Waals surface area contributed by atoms with Crippen molar-refractivity contribution in [3.05, 3.63) is 70.8 Å². The Bertz CT molecular complexity index is 691. The molecule has 0 bridgehead atoms. The molecule has 2 aromatic rings. The normalized spacial score (nSPS) is 11.2. The van der Waals surface area contributed by atoms with Gasteiger partial charge in [0, 0.05) is 25.2 Å². The monoisotopic (exact) mass is 353 g/mol. The molecule has 0 fully saturated rings. The van der Waals surface area contributed by atoms with Crippen molar-refractivity contribution in [1.29, 1.82) is 0 Å². The van der Waals surface area contributed by atoms with E-state index in [4.69, 9.17) is 0 Å². The van der Waals surface area contributed by atoms with Gasteiger partial charge >= 0.3 is 0 Å². The highest BCUT2D eigenvalue weighted by Crippen LogP contribution is 2.12. The summed E-state index contributed by atoms with van der Waals surface area (Å²) in [5.41, 5.74) is 4.35. The molecule has 0 saturated carbocycles. The van der Waals surface area contributed by atoms with E-state index < -0.39 is 0 Å². The molecule has 1 amide bonds. The van der Waals surface area contributed by atoms with Gasteiger partial charge in [0.25, 0.3) is 5.91 Å². The first-order chi connectivity index (χ1) is 12.5. The summed E-state index contributed by atoms with van der Waals surface area (Å²) in [5.74, 6) is -0.0287. The lowest BCUT2D eigenvalue weighted by molar-refractivity contribution is 0.0951. The van der Waals surface area contributed by atoms with Crippen molar-refractivity contribution < 1.29 is 4.79 Å². The fourth-order valence-corrected chi connectivity index (χ4v) is 2.97. The number of carbonyl (C=O) groups excluding carboxylic acids is 1. The third-order valence-electron chi connectivity index (χ3n) is 4.56. The van der Waals surface area contributed by atoms with E-state index in [0.717, 1.165) is 31.7 Å². The molecule has 0 aromatic heterocycles. The highest BCUT2D eigenvalue weighted by molar-refractivity contribution is 5.94. The van der Waals surface area contributed by atoms with Crippen LogP contribution in [0.2, 0.25) is 0 Å². The van der Waals surface area contributed by atoms with Gasteiger partial charge in [-0.15, -0.1) is 0 Å². The molecule has 4 nitrogen and oxygen atoms in total. The summed E-state index contributed by atoms with van der Waals surface area (Å²) in [6.45, 7) is 8.73. The molecule has 1 N–H and O–H groups in total. The Morgan fingerprint density at radius 2 is 1.50 bits per heavy atom. The number of rotatable bonds is 9. The number of amides is 1. The number of carbonyl (C=O) groups is 1. The number of hydrogen-bond acceptors (Lipinski definition) is 3. The Hall–Kier alpha value is -2.17. The van der Waals surface area contributed by atoms with Gasteiger partial charge in [0.05, 0.1) is 0 Å². The lowest BCUT2D eigenvalue weighted by Crippen LogP contribution is -2.24. The van der Waals surface area contributed by atoms with E-state index in [1.54, 1.807) is 0 Å². The van der Waals surface area contributed by atoms with Gasteiger partial charge in [-0.1, -0.05) is 50.2 Å². The summed E-state index contributed by atoms with van der Waals surface area (Å²) in [4.78, 5) is 17.0. The topological polar surface area (TPSA) is 35.6 Å². The Balaban J connectivity index is 1.96. The van der Waals surface area contributed by atoms with Gasteiger partial charge in [0.1, 0.15) is 0 Å². The van der Waals surface area contributed by atoms with Crippen LogP contribution in [-0.4, -0.2) is 42.9 Å². The second kappa shape index (κ2) is 10.1. The van der Waals surface area contributed by atoms with E-state index in [1.165, 1.54) is 11.1 Å². The fraction of sp³-hybridized carbons (Fsp3) is 0.409. The Morgan fingerprint density at radius 3 is 2.08 bits per heavy atom. The minimum atomic E-state index is -0.0287. The molecule has 0 spiro atoms. The third kappa shape index (κ3) is 5.97. The van der Waals surface area contributed by atoms with Gasteiger partial charge < -0.3 is 10.2 Å². The van der Waals surface area contributed by atoms with Crippen LogP contribution >= 0.6 is 0 Å². The van der Waals surface area contributed by atoms with Crippen molar-refractivity contribution in [3.63, 3.8) is 0 Å². The van der Waals surface area contributed by atoms with Crippen LogP contribution in [0.1, 0.15) is 40.9 Å². The number of nitrogens with zero attached hydrogens (tertiary/aromatic N) is 2. The van der Waals surface area contributed by atoms with Crippen LogP contribution in [0.3, 0.4) is 0 Å². The second-order valence-corrected chi connectivity index (χ2v) is 6.85. The molecule has 0 aliphatic heterocycles. The predicted molar refractivity (Wildman–Crippen MR) is 108 cm³/mol. The van der Waals surface area contributed by atoms with Crippen LogP contribution in [0.25, 0.3) is 0 Å². The molecule has 0 aliphatic carbocycles. The van der Waals surface area contributed by atoms with E-state index >= 15 is 0 Å². The Labute approximate surface area is 157 Å². The summed E-state index contributed by atoms with van der Waals surface area (Å²) < 4.78 is 0. The summed E-state index contributed by atoms with van der Waals surface area (Å²) in [6, 6.07) is 16.2. The van der Waals surface area contributed by atoms with Gasteiger partial charge in [-0.2, -0.15) is 0 Å². The average Bonchev–Trinajstić information content (AvgIpc) is 2.65. The van der Waals surface area contributed by atoms with Crippen LogP contribution in [0.4, 0.5) is 0 Å². The van der Waals surface area contributed by atoms with Crippen LogP contribution in [0.5, 0.6) is 0 Å². The summed E-state index contributed by atoms with van der Waals surface area (Å²) >= 11 is 0. The molecule has 2 aromatic carbocycles. The van der Waals surface area contributed by atoms with Crippen molar-refractivity contribution >= 4 is 5.91 Å². The Morgan fingerprint density at radius 1 is 0.885 bits per heavy atom. The highest BCUT2D eigenvalue weighted by atomic mass is 16.1. The predicted octanol–water partition coefficient (Wildman–Crippen LogP) is 3.52. The van der Waals surface area contributed by atoms with E-state index in [1.807, 2.05) is 36.4 Å². The summed E-state index contributed by atoms with van der Waals surface area (Å²) in [5, 5.41) is 3.04. The average molecular weight is 354 g/mol. The van der Waals surface area contributed by atoms with E-state index in [2.05, 4.69) is 55.2 Å². The lowest BCUT2D eigenvalue weighted by atomic mass is 10.1. The number of hydrogen-bond donors (Lipinski definition) is 1. The standard InChI is InChI=1S/C22H31N3O/c1-5-25(6-2)16-18-11-13-19(14-12-18)22(26)23-15-20-9-7-8-10-21(20)17-24(3)4/h7-14H,5-6,15-17H2,1-4H3,(H,23,26). The summed E-state index contributed by atoms with van der Waals surface area (Å²) in [6.07, 6.45) is 0. The third-order valence-corrected chi connectivity index (χ3v) is 4.56. The smallest absolute Gasteiger partial charge is 0.251 e. The SMILES string of the molecule is CCN(CC)Cc1ccc(C(=O)NCc2ccccc2CN(C)C)cc1. The minimum Gasteiger partial charge on any atom is -0.348 e. The second-order valence-electron chi connectivity index (χ2n) is 6.85. The van der Waals surface area contributed by atoms with Crippen molar-refractivity contribution in [3.8, 4) is 0 Å². The maximum atomic E-state index is 12.5. The zero-order chi connectivity index (χ0) is 18.9. The van der Waals surface area contributed by atoms with Crippen LogP contribution in [0, 0.1) is 0 Å². The molecule has 0 unspecified atom stereocenters. The first kappa shape index (κ1) is 20.1. The van der Waals surface area contributed by atoms with E-state index in [0.29, 0.717) is 12.1 Å². The molecular weight excluding hydrogens is 322 g/mol. The number of benzene rings is 2. The molecular formula is C22H31N3O. The van der Waals surface area contributed by atoms with Gasteiger partial charge in [-0.05, 0) is 56.0 Å². The molecule has 26 heavy (non-hydrogen) atoms. The molecule has 2 rings (SSSR count). The van der Waals surface area contributed by atoms with Gasteiger partial charge in [0.2, 0.25) is 0 Å². The first-order valence-corrected chi connectivity index (χ1v) is 9.34. The molecule has 0 radical (unpaired) electrons. The zero-order valence-electron chi connectivity index (χ0n) is 16.5. The molecule has 0 saturated heterocycles. The van der Waals surface area contributed by atoms with Crippen LogP contribution in [-0.2, 0) is 19.6 Å². The largest absolute Gasteiger partial charge is 0.348 e. The molecule has 0 heterocycles. The maximum absolute atomic E-state index is 12.5. The van der Waals surface area contributed by atoms with Crippen LogP contribution in [0.15, 0.2) is 48.5 Å². The molecule has 4 heteroatoms. The lowest BCUT2D eigenvalue weighted by Gasteiger charge is -2.18. The first-order valence-electron chi connectivity index (χ1n) is 9.34. The zero-order valence-corrected chi connectivity index (χ0v) is 16.5. The summed E-state index contributed by atoms with van der Waals surface area (Å²) in [7, 11) is 4.10. The van der Waals surface area contributed by atoms with E-state index in [9.17, 15) is 4.79 Å². The van der Waals surface area contributed by atoms with Gasteiger partial charge in [-0.25, -0.2) is 0 Å².